The van der Waals surface area contributed by atoms with Crippen LogP contribution < -0.4 is 0 Å². The number of carbonyl (C=O) groups excluding carboxylic acids is 1. The van der Waals surface area contributed by atoms with E-state index in [0.29, 0.717) is 29.8 Å². The molecule has 27 heavy (non-hydrogen) atoms. The molecule has 2 aromatic heterocycles. The van der Waals surface area contributed by atoms with Gasteiger partial charge in [-0.25, -0.2) is 0 Å². The standard InChI is InChI=1S/C19H24N4O4/c1-11-8-16(11)17-7-6-15(27-17)9-21(14-4-5-14)18(24)10-22-13(3)19(23(25)26)12(2)20-22/h6-7,11,14,16H,4-5,8-10H2,1-3H3. The van der Waals surface area contributed by atoms with Crippen molar-refractivity contribution in [3.63, 3.8) is 0 Å². The van der Waals surface area contributed by atoms with Crippen LogP contribution in [0.25, 0.3) is 0 Å². The monoisotopic (exact) mass is 372 g/mol. The third-order valence-corrected chi connectivity index (χ3v) is 5.60. The zero-order valence-corrected chi connectivity index (χ0v) is 15.8. The fourth-order valence-corrected chi connectivity index (χ4v) is 3.70. The van der Waals surface area contributed by atoms with Gasteiger partial charge in [0.25, 0.3) is 0 Å². The van der Waals surface area contributed by atoms with Crippen molar-refractivity contribution in [2.24, 2.45) is 5.92 Å². The van der Waals surface area contributed by atoms with E-state index in [1.165, 1.54) is 4.68 Å². The number of furan rings is 1. The molecule has 0 N–H and O–H groups in total. The Kier molecular flexibility index (Phi) is 4.28. The molecule has 0 aliphatic heterocycles. The zero-order valence-electron chi connectivity index (χ0n) is 15.8. The van der Waals surface area contributed by atoms with Crippen LogP contribution in [0.2, 0.25) is 0 Å². The van der Waals surface area contributed by atoms with Gasteiger partial charge in [-0.2, -0.15) is 5.10 Å². The molecule has 2 aliphatic carbocycles. The summed E-state index contributed by atoms with van der Waals surface area (Å²) in [6.45, 7) is 5.87. The van der Waals surface area contributed by atoms with E-state index in [1.54, 1.807) is 13.8 Å². The molecule has 2 aromatic rings. The fourth-order valence-electron chi connectivity index (χ4n) is 3.70. The van der Waals surface area contributed by atoms with E-state index >= 15 is 0 Å². The number of rotatable bonds is 7. The predicted octanol–water partition coefficient (Wildman–Crippen LogP) is 3.32. The average Bonchev–Trinajstić information content (AvgIpc) is 3.50. The van der Waals surface area contributed by atoms with Crippen LogP contribution in [0.15, 0.2) is 16.5 Å². The number of hydrogen-bond acceptors (Lipinski definition) is 5. The molecular formula is C19H24N4O4. The van der Waals surface area contributed by atoms with Gasteiger partial charge in [0.05, 0.1) is 11.5 Å². The first-order valence-electron chi connectivity index (χ1n) is 9.41. The van der Waals surface area contributed by atoms with Crippen LogP contribution in [-0.4, -0.2) is 31.6 Å². The van der Waals surface area contributed by atoms with Crippen LogP contribution in [0, 0.1) is 29.9 Å². The summed E-state index contributed by atoms with van der Waals surface area (Å²) in [6, 6.07) is 4.19. The van der Waals surface area contributed by atoms with Crippen LogP contribution in [0.3, 0.4) is 0 Å². The normalized spacial score (nSPS) is 21.3. The number of carbonyl (C=O) groups is 1. The molecular weight excluding hydrogens is 348 g/mol. The van der Waals surface area contributed by atoms with Crippen molar-refractivity contribution >= 4 is 11.6 Å². The van der Waals surface area contributed by atoms with Crippen LogP contribution in [0.5, 0.6) is 0 Å². The number of aryl methyl sites for hydroxylation is 1. The summed E-state index contributed by atoms with van der Waals surface area (Å²) < 4.78 is 7.39. The van der Waals surface area contributed by atoms with Gasteiger partial charge in [-0.1, -0.05) is 6.92 Å². The van der Waals surface area contributed by atoms with Gasteiger partial charge in [-0.15, -0.1) is 0 Å². The molecule has 0 bridgehead atoms. The third kappa shape index (κ3) is 3.48. The van der Waals surface area contributed by atoms with E-state index in [1.807, 2.05) is 17.0 Å². The Labute approximate surface area is 157 Å². The Bertz CT molecular complexity index is 896. The Morgan fingerprint density at radius 2 is 2.11 bits per heavy atom. The topological polar surface area (TPSA) is 94.4 Å². The van der Waals surface area contributed by atoms with E-state index in [2.05, 4.69) is 12.0 Å². The van der Waals surface area contributed by atoms with Gasteiger partial charge in [0.15, 0.2) is 0 Å². The molecule has 8 heteroatoms. The van der Waals surface area contributed by atoms with Gasteiger partial charge in [0, 0.05) is 12.0 Å². The summed E-state index contributed by atoms with van der Waals surface area (Å²) in [7, 11) is 0. The highest BCUT2D eigenvalue weighted by Crippen LogP contribution is 2.47. The SMILES string of the molecule is Cc1nn(CC(=O)N(Cc2ccc(C3CC3C)o2)C2CC2)c(C)c1[N+](=O)[O-]. The van der Waals surface area contributed by atoms with Crippen LogP contribution in [0.4, 0.5) is 5.69 Å². The highest BCUT2D eigenvalue weighted by molar-refractivity contribution is 5.76. The Balaban J connectivity index is 1.48. The van der Waals surface area contributed by atoms with E-state index < -0.39 is 4.92 Å². The molecule has 2 heterocycles. The van der Waals surface area contributed by atoms with Gasteiger partial charge < -0.3 is 9.32 Å². The molecule has 0 aromatic carbocycles. The fraction of sp³-hybridized carbons (Fsp3) is 0.579. The largest absolute Gasteiger partial charge is 0.464 e. The highest BCUT2D eigenvalue weighted by Gasteiger charge is 2.38. The van der Waals surface area contributed by atoms with Crippen molar-refractivity contribution in [2.45, 2.75) is 65.1 Å². The van der Waals surface area contributed by atoms with E-state index in [4.69, 9.17) is 4.42 Å². The zero-order chi connectivity index (χ0) is 19.3. The molecule has 4 rings (SSSR count). The maximum atomic E-state index is 12.9. The van der Waals surface area contributed by atoms with Crippen molar-refractivity contribution < 1.29 is 14.1 Å². The van der Waals surface area contributed by atoms with Gasteiger partial charge in [0.2, 0.25) is 5.91 Å². The summed E-state index contributed by atoms with van der Waals surface area (Å²) in [6.07, 6.45) is 3.13. The first-order valence-corrected chi connectivity index (χ1v) is 9.41. The summed E-state index contributed by atoms with van der Waals surface area (Å²) in [4.78, 5) is 25.4. The molecule has 0 saturated heterocycles. The molecule has 2 saturated carbocycles. The number of aromatic nitrogens is 2. The third-order valence-electron chi connectivity index (χ3n) is 5.60. The van der Waals surface area contributed by atoms with Crippen molar-refractivity contribution in [1.82, 2.24) is 14.7 Å². The molecule has 1 amide bonds. The quantitative estimate of drug-likeness (QED) is 0.549. The molecule has 0 radical (unpaired) electrons. The maximum absolute atomic E-state index is 12.9. The van der Waals surface area contributed by atoms with Gasteiger partial charge in [-0.3, -0.25) is 19.6 Å². The lowest BCUT2D eigenvalue weighted by Gasteiger charge is -2.21. The Morgan fingerprint density at radius 1 is 1.41 bits per heavy atom. The van der Waals surface area contributed by atoms with E-state index in [9.17, 15) is 14.9 Å². The second-order valence-corrected chi connectivity index (χ2v) is 7.81. The minimum atomic E-state index is -0.444. The molecule has 2 unspecified atom stereocenters. The first kappa shape index (κ1) is 17.8. The lowest BCUT2D eigenvalue weighted by atomic mass is 10.3. The number of nitrogens with zero attached hydrogens (tertiary/aromatic N) is 4. The Hall–Kier alpha value is -2.64. The first-order chi connectivity index (χ1) is 12.8. The molecule has 0 spiro atoms. The number of nitro groups is 1. The molecule has 144 valence electrons. The predicted molar refractivity (Wildman–Crippen MR) is 97.2 cm³/mol. The lowest BCUT2D eigenvalue weighted by molar-refractivity contribution is -0.386. The molecule has 8 nitrogen and oxygen atoms in total. The minimum absolute atomic E-state index is 0.00420. The number of hydrogen-bond donors (Lipinski definition) is 0. The molecule has 2 fully saturated rings. The van der Waals surface area contributed by atoms with Crippen LogP contribution in [0.1, 0.15) is 55.0 Å². The van der Waals surface area contributed by atoms with Crippen molar-refractivity contribution in [2.75, 3.05) is 0 Å². The second kappa shape index (κ2) is 6.51. The van der Waals surface area contributed by atoms with Crippen LogP contribution in [-0.2, 0) is 17.9 Å². The smallest absolute Gasteiger partial charge is 0.312 e. The lowest BCUT2D eigenvalue weighted by Crippen LogP contribution is -2.35. The highest BCUT2D eigenvalue weighted by atomic mass is 16.6. The number of amides is 1. The van der Waals surface area contributed by atoms with Crippen molar-refractivity contribution in [1.29, 1.82) is 0 Å². The Morgan fingerprint density at radius 3 is 2.67 bits per heavy atom. The summed E-state index contributed by atoms with van der Waals surface area (Å²) in [5, 5.41) is 15.4. The molecule has 2 aliphatic rings. The summed E-state index contributed by atoms with van der Waals surface area (Å²) >= 11 is 0. The molecule has 2 atom stereocenters. The summed E-state index contributed by atoms with van der Waals surface area (Å²) in [5.41, 5.74) is 0.720. The van der Waals surface area contributed by atoms with Crippen LogP contribution >= 0.6 is 0 Å². The van der Waals surface area contributed by atoms with Gasteiger partial charge in [-0.05, 0) is 51.2 Å². The van der Waals surface area contributed by atoms with E-state index in [0.717, 1.165) is 30.8 Å². The van der Waals surface area contributed by atoms with Crippen molar-refractivity contribution in [3.8, 4) is 0 Å². The van der Waals surface area contributed by atoms with E-state index in [-0.39, 0.29) is 24.2 Å². The van der Waals surface area contributed by atoms with Gasteiger partial charge >= 0.3 is 5.69 Å². The second-order valence-electron chi connectivity index (χ2n) is 7.81. The minimum Gasteiger partial charge on any atom is -0.464 e. The summed E-state index contributed by atoms with van der Waals surface area (Å²) in [5.74, 6) is 2.90. The maximum Gasteiger partial charge on any atom is 0.312 e. The average molecular weight is 372 g/mol. The van der Waals surface area contributed by atoms with Gasteiger partial charge in [0.1, 0.15) is 29.5 Å². The van der Waals surface area contributed by atoms with Crippen molar-refractivity contribution in [3.05, 3.63) is 45.2 Å².